The van der Waals surface area contributed by atoms with Gasteiger partial charge in [0.1, 0.15) is 45.4 Å². The van der Waals surface area contributed by atoms with Crippen LogP contribution in [0.25, 0.3) is 33.3 Å². The molecule has 0 spiro atoms. The Hall–Kier alpha value is -4.02. The summed E-state index contributed by atoms with van der Waals surface area (Å²) in [5, 5.41) is 10.7. The van der Waals surface area contributed by atoms with Gasteiger partial charge in [-0.05, 0) is 48.5 Å². The number of anilines is 1. The summed E-state index contributed by atoms with van der Waals surface area (Å²) >= 11 is 6.59. The first-order valence-electron chi connectivity index (χ1n) is 9.57. The molecule has 2 aromatic carbocycles. The molecule has 0 bridgehead atoms. The number of fused-ring (bicyclic) bond motifs is 1. The fourth-order valence-corrected chi connectivity index (χ4v) is 3.76. The zero-order chi connectivity index (χ0) is 22.8. The van der Waals surface area contributed by atoms with E-state index in [0.29, 0.717) is 39.2 Å². The Kier molecular flexibility index (Phi) is 5.71. The molecule has 0 atom stereocenters. The minimum Gasteiger partial charge on any atom is -0.497 e. The summed E-state index contributed by atoms with van der Waals surface area (Å²) in [6.45, 7) is 0. The van der Waals surface area contributed by atoms with E-state index in [0.717, 1.165) is 11.3 Å². The van der Waals surface area contributed by atoms with Gasteiger partial charge in [-0.25, -0.2) is 9.97 Å². The molecule has 0 aliphatic heterocycles. The maximum Gasteiger partial charge on any atom is 0.145 e. The number of hydrogen-bond acceptors (Lipinski definition) is 7. The van der Waals surface area contributed by atoms with Crippen LogP contribution in [-0.4, -0.2) is 31.3 Å². The molecule has 4 aromatic rings. The van der Waals surface area contributed by atoms with E-state index < -0.39 is 0 Å². The van der Waals surface area contributed by atoms with E-state index in [4.69, 9.17) is 31.5 Å². The van der Waals surface area contributed by atoms with E-state index >= 15 is 0 Å². The first-order chi connectivity index (χ1) is 15.5. The summed E-state index contributed by atoms with van der Waals surface area (Å²) < 4.78 is 16.1. The number of nitrogen functional groups attached to an aromatic ring is 1. The second-order valence-corrected chi connectivity index (χ2v) is 7.21. The number of pyridine rings is 2. The summed E-state index contributed by atoms with van der Waals surface area (Å²) in [5.41, 5.74) is 9.39. The number of hydrogen-bond donors (Lipinski definition) is 1. The third-order valence-electron chi connectivity index (χ3n) is 5.14. The summed E-state index contributed by atoms with van der Waals surface area (Å²) in [5.74, 6) is 1.98. The average molecular weight is 447 g/mol. The lowest BCUT2D eigenvalue weighted by Gasteiger charge is -2.14. The highest BCUT2D eigenvalue weighted by molar-refractivity contribution is 6.33. The van der Waals surface area contributed by atoms with Crippen molar-refractivity contribution in [2.24, 2.45) is 0 Å². The number of halogens is 1. The van der Waals surface area contributed by atoms with Crippen molar-refractivity contribution in [2.75, 3.05) is 27.1 Å². The van der Waals surface area contributed by atoms with Crippen LogP contribution in [0.3, 0.4) is 0 Å². The molecule has 160 valence electrons. The van der Waals surface area contributed by atoms with Gasteiger partial charge in [-0.3, -0.25) is 0 Å². The van der Waals surface area contributed by atoms with Gasteiger partial charge in [0.05, 0.1) is 27.0 Å². The van der Waals surface area contributed by atoms with Crippen LogP contribution in [0.1, 0.15) is 5.56 Å². The average Bonchev–Trinajstić information content (AvgIpc) is 2.82. The first-order valence-corrected chi connectivity index (χ1v) is 9.95. The van der Waals surface area contributed by atoms with Gasteiger partial charge >= 0.3 is 0 Å². The SMILES string of the molecule is COc1ccc(-c2cc(-c3cc4c(OC)ccc(OC)c4nc3Cl)c(C#N)c(N)n2)cc1. The van der Waals surface area contributed by atoms with Crippen LogP contribution in [-0.2, 0) is 0 Å². The number of aromatic nitrogens is 2. The number of benzene rings is 2. The summed E-state index contributed by atoms with van der Waals surface area (Å²) in [7, 11) is 4.73. The lowest BCUT2D eigenvalue weighted by Crippen LogP contribution is -2.01. The lowest BCUT2D eigenvalue weighted by molar-refractivity contribution is 0.410. The van der Waals surface area contributed by atoms with Gasteiger partial charge in [0, 0.05) is 22.1 Å². The first kappa shape index (κ1) is 21.2. The third-order valence-corrected chi connectivity index (χ3v) is 5.42. The van der Waals surface area contributed by atoms with Crippen molar-refractivity contribution in [3.8, 4) is 45.7 Å². The van der Waals surface area contributed by atoms with E-state index in [1.807, 2.05) is 30.3 Å². The molecule has 32 heavy (non-hydrogen) atoms. The summed E-state index contributed by atoms with van der Waals surface area (Å²) in [6, 6.07) is 16.7. The zero-order valence-electron chi connectivity index (χ0n) is 17.6. The summed E-state index contributed by atoms with van der Waals surface area (Å²) in [4.78, 5) is 8.95. The summed E-state index contributed by atoms with van der Waals surface area (Å²) in [6.07, 6.45) is 0. The van der Waals surface area contributed by atoms with Gasteiger partial charge in [-0.2, -0.15) is 5.26 Å². The standard InChI is InChI=1S/C24H19ClN4O3/c1-30-14-6-4-13(5-7-14)19-11-15(18(12-26)24(27)28-19)16-10-17-20(31-2)8-9-21(32-3)22(17)29-23(16)25/h4-11H,1-3H3,(H2,27,28). The number of nitriles is 1. The van der Waals surface area contributed by atoms with Crippen molar-refractivity contribution in [3.05, 3.63) is 59.2 Å². The Morgan fingerprint density at radius 3 is 2.19 bits per heavy atom. The largest absolute Gasteiger partial charge is 0.497 e. The van der Waals surface area contributed by atoms with Crippen molar-refractivity contribution in [1.29, 1.82) is 5.26 Å². The van der Waals surface area contributed by atoms with Crippen LogP contribution in [0.5, 0.6) is 17.2 Å². The molecule has 0 radical (unpaired) electrons. The number of methoxy groups -OCH3 is 3. The number of nitrogens with zero attached hydrogens (tertiary/aromatic N) is 3. The normalized spacial score (nSPS) is 10.6. The highest BCUT2D eigenvalue weighted by Gasteiger charge is 2.19. The van der Waals surface area contributed by atoms with Gasteiger partial charge in [0.2, 0.25) is 0 Å². The lowest BCUT2D eigenvalue weighted by atomic mass is 9.98. The molecule has 0 fully saturated rings. The molecule has 0 aliphatic rings. The van der Waals surface area contributed by atoms with Crippen molar-refractivity contribution >= 4 is 28.3 Å². The van der Waals surface area contributed by atoms with E-state index in [9.17, 15) is 5.26 Å². The van der Waals surface area contributed by atoms with E-state index in [-0.39, 0.29) is 16.5 Å². The maximum absolute atomic E-state index is 9.78. The molecule has 0 saturated heterocycles. The van der Waals surface area contributed by atoms with Gasteiger partial charge in [-0.1, -0.05) is 11.6 Å². The Bertz CT molecular complexity index is 1370. The van der Waals surface area contributed by atoms with Crippen LogP contribution in [0, 0.1) is 11.3 Å². The van der Waals surface area contributed by atoms with Gasteiger partial charge in [0.25, 0.3) is 0 Å². The highest BCUT2D eigenvalue weighted by atomic mass is 35.5. The third kappa shape index (κ3) is 3.61. The molecule has 0 amide bonds. The minimum absolute atomic E-state index is 0.101. The smallest absolute Gasteiger partial charge is 0.145 e. The molecule has 2 heterocycles. The minimum atomic E-state index is 0.101. The predicted octanol–water partition coefficient (Wildman–Crippen LogP) is 5.10. The quantitative estimate of drug-likeness (QED) is 0.425. The van der Waals surface area contributed by atoms with Gasteiger partial charge in [-0.15, -0.1) is 0 Å². The molecule has 0 saturated carbocycles. The highest BCUT2D eigenvalue weighted by Crippen LogP contribution is 2.40. The predicted molar refractivity (Wildman–Crippen MR) is 124 cm³/mol. The van der Waals surface area contributed by atoms with Crippen LogP contribution in [0.4, 0.5) is 5.82 Å². The van der Waals surface area contributed by atoms with Crippen LogP contribution < -0.4 is 19.9 Å². The van der Waals surface area contributed by atoms with Crippen molar-refractivity contribution in [3.63, 3.8) is 0 Å². The Morgan fingerprint density at radius 2 is 1.56 bits per heavy atom. The van der Waals surface area contributed by atoms with Crippen molar-refractivity contribution in [1.82, 2.24) is 9.97 Å². The van der Waals surface area contributed by atoms with Crippen molar-refractivity contribution < 1.29 is 14.2 Å². The van der Waals surface area contributed by atoms with Gasteiger partial charge in [0.15, 0.2) is 0 Å². The Balaban J connectivity index is 1.98. The number of nitrogens with two attached hydrogens (primary N) is 1. The van der Waals surface area contributed by atoms with Crippen LogP contribution >= 0.6 is 11.6 Å². The van der Waals surface area contributed by atoms with E-state index in [1.165, 1.54) is 0 Å². The number of ether oxygens (including phenoxy) is 3. The van der Waals surface area contributed by atoms with E-state index in [1.54, 1.807) is 39.5 Å². The Labute approximate surface area is 190 Å². The second kappa shape index (κ2) is 8.61. The fraction of sp³-hybridized carbons (Fsp3) is 0.125. The maximum atomic E-state index is 9.78. The molecule has 2 N–H and O–H groups in total. The monoisotopic (exact) mass is 446 g/mol. The molecule has 0 unspecified atom stereocenters. The second-order valence-electron chi connectivity index (χ2n) is 6.85. The number of rotatable bonds is 5. The molecule has 8 heteroatoms. The Morgan fingerprint density at radius 1 is 0.875 bits per heavy atom. The molecule has 7 nitrogen and oxygen atoms in total. The van der Waals surface area contributed by atoms with Crippen LogP contribution in [0.15, 0.2) is 48.5 Å². The molecule has 0 aliphatic carbocycles. The van der Waals surface area contributed by atoms with Gasteiger partial charge < -0.3 is 19.9 Å². The molecule has 4 rings (SSSR count). The fourth-order valence-electron chi connectivity index (χ4n) is 3.52. The van der Waals surface area contributed by atoms with Crippen molar-refractivity contribution in [2.45, 2.75) is 0 Å². The molecule has 2 aromatic heterocycles. The zero-order valence-corrected chi connectivity index (χ0v) is 18.4. The molecular formula is C24H19ClN4O3. The van der Waals surface area contributed by atoms with E-state index in [2.05, 4.69) is 16.0 Å². The van der Waals surface area contributed by atoms with Crippen LogP contribution in [0.2, 0.25) is 5.15 Å². The topological polar surface area (TPSA) is 103 Å². The molecular weight excluding hydrogens is 428 g/mol.